The third-order valence-corrected chi connectivity index (χ3v) is 2.50. The van der Waals surface area contributed by atoms with Gasteiger partial charge in [0.1, 0.15) is 5.76 Å². The molecule has 2 unspecified atom stereocenters. The van der Waals surface area contributed by atoms with Crippen LogP contribution in [-0.2, 0) is 16.1 Å². The maximum Gasteiger partial charge on any atom is 0.309 e. The van der Waals surface area contributed by atoms with E-state index in [0.717, 1.165) is 5.76 Å². The average Bonchev–Trinajstić information content (AvgIpc) is 2.76. The molecule has 1 aromatic rings. The first-order chi connectivity index (χ1) is 7.15. The van der Waals surface area contributed by atoms with Gasteiger partial charge in [-0.15, -0.1) is 0 Å². The first-order valence-corrected chi connectivity index (χ1v) is 4.98. The van der Waals surface area contributed by atoms with Crippen molar-refractivity contribution in [2.75, 3.05) is 7.11 Å². The summed E-state index contributed by atoms with van der Waals surface area (Å²) in [5.41, 5.74) is 0. The summed E-state index contributed by atoms with van der Waals surface area (Å²) in [6.07, 6.45) is 1.63. The molecule has 1 aromatic heterocycles. The normalized spacial score (nSPS) is 14.6. The van der Waals surface area contributed by atoms with Crippen molar-refractivity contribution in [3.8, 4) is 0 Å². The third kappa shape index (κ3) is 3.40. The lowest BCUT2D eigenvalue weighted by Crippen LogP contribution is -2.36. The van der Waals surface area contributed by atoms with Crippen molar-refractivity contribution < 1.29 is 13.9 Å². The molecule has 1 rings (SSSR count). The number of carbonyl (C=O) groups is 1. The first-order valence-electron chi connectivity index (χ1n) is 4.98. The number of ether oxygens (including phenoxy) is 1. The molecule has 0 spiro atoms. The Morgan fingerprint density at radius 3 is 2.87 bits per heavy atom. The molecular formula is C11H17NO3. The molecule has 2 atom stereocenters. The van der Waals surface area contributed by atoms with Crippen LogP contribution in [0.1, 0.15) is 19.6 Å². The Labute approximate surface area is 89.6 Å². The number of hydrogen-bond donors (Lipinski definition) is 1. The van der Waals surface area contributed by atoms with Crippen LogP contribution < -0.4 is 5.32 Å². The Kier molecular flexibility index (Phi) is 4.37. The Morgan fingerprint density at radius 2 is 2.33 bits per heavy atom. The first kappa shape index (κ1) is 11.8. The molecule has 0 aromatic carbocycles. The minimum Gasteiger partial charge on any atom is -0.469 e. The molecule has 4 nitrogen and oxygen atoms in total. The highest BCUT2D eigenvalue weighted by molar-refractivity contribution is 5.72. The number of carbonyl (C=O) groups excluding carboxylic acids is 1. The summed E-state index contributed by atoms with van der Waals surface area (Å²) in [5.74, 6) is 0.498. The lowest BCUT2D eigenvalue weighted by Gasteiger charge is -2.18. The predicted molar refractivity (Wildman–Crippen MR) is 56.2 cm³/mol. The largest absolute Gasteiger partial charge is 0.469 e. The van der Waals surface area contributed by atoms with Gasteiger partial charge in [-0.25, -0.2) is 0 Å². The van der Waals surface area contributed by atoms with E-state index in [1.807, 2.05) is 26.0 Å². The second-order valence-corrected chi connectivity index (χ2v) is 3.56. The van der Waals surface area contributed by atoms with Crippen molar-refractivity contribution in [3.05, 3.63) is 24.2 Å². The molecule has 0 aliphatic heterocycles. The SMILES string of the molecule is COC(=O)C(C)C(C)NCc1ccco1. The van der Waals surface area contributed by atoms with E-state index in [0.29, 0.717) is 6.54 Å². The summed E-state index contributed by atoms with van der Waals surface area (Å²) in [7, 11) is 1.40. The summed E-state index contributed by atoms with van der Waals surface area (Å²) in [6, 6.07) is 3.79. The molecule has 0 aliphatic rings. The van der Waals surface area contributed by atoms with Crippen LogP contribution in [0.3, 0.4) is 0 Å². The molecule has 15 heavy (non-hydrogen) atoms. The molecular weight excluding hydrogens is 194 g/mol. The molecule has 0 fully saturated rings. The third-order valence-electron chi connectivity index (χ3n) is 2.50. The fraction of sp³-hybridized carbons (Fsp3) is 0.545. The van der Waals surface area contributed by atoms with Crippen LogP contribution in [0.25, 0.3) is 0 Å². The van der Waals surface area contributed by atoms with E-state index < -0.39 is 0 Å². The van der Waals surface area contributed by atoms with Crippen molar-refractivity contribution in [2.45, 2.75) is 26.4 Å². The Hall–Kier alpha value is -1.29. The Morgan fingerprint density at radius 1 is 1.60 bits per heavy atom. The molecule has 0 saturated carbocycles. The minimum atomic E-state index is -0.200. The molecule has 1 heterocycles. The van der Waals surface area contributed by atoms with Gasteiger partial charge in [-0.05, 0) is 19.1 Å². The smallest absolute Gasteiger partial charge is 0.309 e. The average molecular weight is 211 g/mol. The van der Waals surface area contributed by atoms with Gasteiger partial charge < -0.3 is 14.5 Å². The summed E-state index contributed by atoms with van der Waals surface area (Å²) < 4.78 is 9.84. The van der Waals surface area contributed by atoms with E-state index in [4.69, 9.17) is 4.42 Å². The zero-order valence-electron chi connectivity index (χ0n) is 9.32. The van der Waals surface area contributed by atoms with Crippen molar-refractivity contribution >= 4 is 5.97 Å². The quantitative estimate of drug-likeness (QED) is 0.751. The zero-order chi connectivity index (χ0) is 11.3. The lowest BCUT2D eigenvalue weighted by molar-refractivity contribution is -0.145. The maximum absolute atomic E-state index is 11.2. The van der Waals surface area contributed by atoms with Crippen LogP contribution in [0.2, 0.25) is 0 Å². The summed E-state index contributed by atoms with van der Waals surface area (Å²) >= 11 is 0. The monoisotopic (exact) mass is 211 g/mol. The Balaban J connectivity index is 2.35. The molecule has 0 amide bonds. The van der Waals surface area contributed by atoms with Gasteiger partial charge in [0.05, 0.1) is 25.8 Å². The number of hydrogen-bond acceptors (Lipinski definition) is 4. The maximum atomic E-state index is 11.2. The van der Waals surface area contributed by atoms with Crippen LogP contribution in [0.15, 0.2) is 22.8 Å². The van der Waals surface area contributed by atoms with Gasteiger partial charge in [0, 0.05) is 6.04 Å². The second-order valence-electron chi connectivity index (χ2n) is 3.56. The van der Waals surface area contributed by atoms with Crippen molar-refractivity contribution in [1.29, 1.82) is 0 Å². The molecule has 0 saturated heterocycles. The van der Waals surface area contributed by atoms with Crippen LogP contribution in [0.4, 0.5) is 0 Å². The molecule has 0 aliphatic carbocycles. The van der Waals surface area contributed by atoms with Crippen molar-refractivity contribution in [2.24, 2.45) is 5.92 Å². The van der Waals surface area contributed by atoms with Gasteiger partial charge in [0.2, 0.25) is 0 Å². The standard InChI is InChI=1S/C11H17NO3/c1-8(11(13)14-3)9(2)12-7-10-5-4-6-15-10/h4-6,8-9,12H,7H2,1-3H3. The topological polar surface area (TPSA) is 51.5 Å². The van der Waals surface area contributed by atoms with Crippen molar-refractivity contribution in [1.82, 2.24) is 5.32 Å². The summed E-state index contributed by atoms with van der Waals surface area (Å²) in [5, 5.41) is 3.21. The summed E-state index contributed by atoms with van der Waals surface area (Å²) in [4.78, 5) is 11.2. The summed E-state index contributed by atoms with van der Waals surface area (Å²) in [6.45, 7) is 4.41. The van der Waals surface area contributed by atoms with Crippen LogP contribution >= 0.6 is 0 Å². The number of esters is 1. The minimum absolute atomic E-state index is 0.0579. The van der Waals surface area contributed by atoms with Gasteiger partial charge in [-0.3, -0.25) is 4.79 Å². The highest BCUT2D eigenvalue weighted by Gasteiger charge is 2.20. The zero-order valence-corrected chi connectivity index (χ0v) is 9.32. The molecule has 0 bridgehead atoms. The van der Waals surface area contributed by atoms with Crippen LogP contribution in [0, 0.1) is 5.92 Å². The van der Waals surface area contributed by atoms with Crippen molar-refractivity contribution in [3.63, 3.8) is 0 Å². The van der Waals surface area contributed by atoms with E-state index in [1.165, 1.54) is 7.11 Å². The van der Waals surface area contributed by atoms with Gasteiger partial charge in [0.25, 0.3) is 0 Å². The second kappa shape index (κ2) is 5.56. The predicted octanol–water partition coefficient (Wildman–Crippen LogP) is 1.57. The van der Waals surface area contributed by atoms with Crippen LogP contribution in [0.5, 0.6) is 0 Å². The fourth-order valence-electron chi connectivity index (χ4n) is 1.24. The Bertz CT molecular complexity index is 295. The van der Waals surface area contributed by atoms with Gasteiger partial charge in [-0.1, -0.05) is 6.92 Å². The number of rotatable bonds is 5. The van der Waals surface area contributed by atoms with Crippen LogP contribution in [-0.4, -0.2) is 19.1 Å². The van der Waals surface area contributed by atoms with Gasteiger partial charge in [-0.2, -0.15) is 0 Å². The van der Waals surface area contributed by atoms with E-state index in [9.17, 15) is 4.79 Å². The van der Waals surface area contributed by atoms with E-state index in [1.54, 1.807) is 6.26 Å². The van der Waals surface area contributed by atoms with Gasteiger partial charge in [0.15, 0.2) is 0 Å². The molecule has 84 valence electrons. The molecule has 1 N–H and O–H groups in total. The molecule has 0 radical (unpaired) electrons. The number of nitrogens with one attached hydrogen (secondary N) is 1. The lowest BCUT2D eigenvalue weighted by atomic mass is 10.0. The fourth-order valence-corrected chi connectivity index (χ4v) is 1.24. The van der Waals surface area contributed by atoms with E-state index in [-0.39, 0.29) is 17.9 Å². The number of methoxy groups -OCH3 is 1. The molecule has 4 heteroatoms. The highest BCUT2D eigenvalue weighted by Crippen LogP contribution is 2.06. The highest BCUT2D eigenvalue weighted by atomic mass is 16.5. The van der Waals surface area contributed by atoms with E-state index >= 15 is 0 Å². The number of furan rings is 1. The van der Waals surface area contributed by atoms with E-state index in [2.05, 4.69) is 10.1 Å². The van der Waals surface area contributed by atoms with Gasteiger partial charge >= 0.3 is 5.97 Å².